The lowest BCUT2D eigenvalue weighted by atomic mass is 10.3. The number of nitrogens with zero attached hydrogens (tertiary/aromatic N) is 1. The van der Waals surface area contributed by atoms with Gasteiger partial charge in [-0.3, -0.25) is 4.79 Å². The zero-order chi connectivity index (χ0) is 12.4. The van der Waals surface area contributed by atoms with Crippen molar-refractivity contribution in [2.45, 2.75) is 0 Å². The van der Waals surface area contributed by atoms with Gasteiger partial charge in [-0.05, 0) is 34.1 Å². The SMILES string of the molecule is O=c1[nH]cnc(Oc2ccc(Cl)cc2Br)c1Cl. The van der Waals surface area contributed by atoms with Gasteiger partial charge in [0.1, 0.15) is 5.75 Å². The Balaban J connectivity index is 2.38. The Morgan fingerprint density at radius 3 is 2.82 bits per heavy atom. The molecule has 1 heterocycles. The van der Waals surface area contributed by atoms with Crippen molar-refractivity contribution < 1.29 is 4.74 Å². The lowest BCUT2D eigenvalue weighted by Crippen LogP contribution is -2.07. The number of halogens is 3. The second-order valence-corrected chi connectivity index (χ2v) is 4.70. The maximum absolute atomic E-state index is 11.2. The number of benzene rings is 1. The number of ether oxygens (including phenoxy) is 1. The van der Waals surface area contributed by atoms with Gasteiger partial charge in [0.25, 0.3) is 5.56 Å². The molecule has 4 nitrogen and oxygen atoms in total. The van der Waals surface area contributed by atoms with Crippen LogP contribution in [0.4, 0.5) is 0 Å². The molecule has 0 fully saturated rings. The standard InChI is InChI=1S/C10H5BrCl2N2O2/c11-6-3-5(12)1-2-7(6)17-10-8(13)9(16)14-4-15-10/h1-4H,(H,14,15,16). The highest BCUT2D eigenvalue weighted by Crippen LogP contribution is 2.32. The van der Waals surface area contributed by atoms with Gasteiger partial charge in [-0.1, -0.05) is 23.2 Å². The van der Waals surface area contributed by atoms with Gasteiger partial charge < -0.3 is 9.72 Å². The second-order valence-electron chi connectivity index (χ2n) is 3.03. The summed E-state index contributed by atoms with van der Waals surface area (Å²) in [5.41, 5.74) is -0.457. The van der Waals surface area contributed by atoms with Crippen molar-refractivity contribution in [1.29, 1.82) is 0 Å². The molecule has 0 bridgehead atoms. The molecule has 0 spiro atoms. The molecule has 88 valence electrons. The third-order valence-corrected chi connectivity index (χ3v) is 3.05. The van der Waals surface area contributed by atoms with E-state index in [2.05, 4.69) is 25.9 Å². The van der Waals surface area contributed by atoms with Crippen molar-refractivity contribution >= 4 is 39.1 Å². The van der Waals surface area contributed by atoms with Crippen LogP contribution in [-0.2, 0) is 0 Å². The van der Waals surface area contributed by atoms with Gasteiger partial charge in [0, 0.05) is 5.02 Å². The van der Waals surface area contributed by atoms with Crippen molar-refractivity contribution in [3.8, 4) is 11.6 Å². The van der Waals surface area contributed by atoms with Crippen LogP contribution < -0.4 is 10.3 Å². The van der Waals surface area contributed by atoms with E-state index in [9.17, 15) is 4.79 Å². The molecule has 0 atom stereocenters. The lowest BCUT2D eigenvalue weighted by molar-refractivity contribution is 0.458. The summed E-state index contributed by atoms with van der Waals surface area (Å²) in [5.74, 6) is 0.507. The average Bonchev–Trinajstić information content (AvgIpc) is 2.28. The zero-order valence-corrected chi connectivity index (χ0v) is 11.3. The first-order chi connectivity index (χ1) is 8.08. The van der Waals surface area contributed by atoms with Crippen LogP contribution in [-0.4, -0.2) is 9.97 Å². The quantitative estimate of drug-likeness (QED) is 0.911. The van der Waals surface area contributed by atoms with Crippen molar-refractivity contribution in [3.05, 3.63) is 49.4 Å². The van der Waals surface area contributed by atoms with E-state index in [1.165, 1.54) is 6.33 Å². The van der Waals surface area contributed by atoms with E-state index in [0.717, 1.165) is 0 Å². The van der Waals surface area contributed by atoms with Gasteiger partial charge in [-0.2, -0.15) is 0 Å². The number of hydrogen-bond donors (Lipinski definition) is 1. The monoisotopic (exact) mass is 334 g/mol. The normalized spacial score (nSPS) is 10.3. The van der Waals surface area contributed by atoms with E-state index in [1.807, 2.05) is 0 Å². The fourth-order valence-corrected chi connectivity index (χ4v) is 2.01. The van der Waals surface area contributed by atoms with E-state index in [4.69, 9.17) is 27.9 Å². The Kier molecular flexibility index (Phi) is 3.71. The van der Waals surface area contributed by atoms with E-state index in [0.29, 0.717) is 15.2 Å². The molecule has 0 saturated heterocycles. The van der Waals surface area contributed by atoms with Gasteiger partial charge in [-0.25, -0.2) is 4.98 Å². The maximum Gasteiger partial charge on any atom is 0.273 e. The van der Waals surface area contributed by atoms with Crippen LogP contribution in [0.5, 0.6) is 11.6 Å². The molecule has 0 amide bonds. The Labute approximate surface area is 115 Å². The predicted molar refractivity (Wildman–Crippen MR) is 69.1 cm³/mol. The second kappa shape index (κ2) is 5.08. The largest absolute Gasteiger partial charge is 0.436 e. The summed E-state index contributed by atoms with van der Waals surface area (Å²) in [7, 11) is 0. The molecular weight excluding hydrogens is 331 g/mol. The van der Waals surface area contributed by atoms with Gasteiger partial charge in [0.15, 0.2) is 5.02 Å². The molecule has 0 aliphatic carbocycles. The smallest absolute Gasteiger partial charge is 0.273 e. The first-order valence-corrected chi connectivity index (χ1v) is 5.99. The Morgan fingerprint density at radius 1 is 1.35 bits per heavy atom. The Hall–Kier alpha value is -1.04. The van der Waals surface area contributed by atoms with E-state index in [1.54, 1.807) is 18.2 Å². The molecular formula is C10H5BrCl2N2O2. The molecule has 0 aliphatic heterocycles. The van der Waals surface area contributed by atoms with Crippen LogP contribution in [0.1, 0.15) is 0 Å². The van der Waals surface area contributed by atoms with Crippen LogP contribution in [0.3, 0.4) is 0 Å². The summed E-state index contributed by atoms with van der Waals surface area (Å²) in [6.45, 7) is 0. The minimum Gasteiger partial charge on any atom is -0.436 e. The Bertz CT molecular complexity index is 615. The highest BCUT2D eigenvalue weighted by molar-refractivity contribution is 9.10. The van der Waals surface area contributed by atoms with Crippen LogP contribution in [0.25, 0.3) is 0 Å². The number of aromatic nitrogens is 2. The number of hydrogen-bond acceptors (Lipinski definition) is 3. The molecule has 1 aromatic heterocycles. The summed E-state index contributed by atoms with van der Waals surface area (Å²) >= 11 is 14.8. The topological polar surface area (TPSA) is 55.0 Å². The zero-order valence-electron chi connectivity index (χ0n) is 8.21. The molecule has 1 N–H and O–H groups in total. The molecule has 7 heteroatoms. The van der Waals surface area contributed by atoms with Crippen molar-refractivity contribution in [3.63, 3.8) is 0 Å². The summed E-state index contributed by atoms with van der Waals surface area (Å²) in [6.07, 6.45) is 1.22. The summed E-state index contributed by atoms with van der Waals surface area (Å²) in [5, 5.41) is 0.462. The van der Waals surface area contributed by atoms with Crippen LogP contribution in [0, 0.1) is 0 Å². The number of H-pyrrole nitrogens is 1. The highest BCUT2D eigenvalue weighted by Gasteiger charge is 2.10. The third kappa shape index (κ3) is 2.80. The fourth-order valence-electron chi connectivity index (χ4n) is 1.10. The van der Waals surface area contributed by atoms with E-state index < -0.39 is 5.56 Å². The summed E-state index contributed by atoms with van der Waals surface area (Å²) in [4.78, 5) is 17.4. The highest BCUT2D eigenvalue weighted by atomic mass is 79.9. The van der Waals surface area contributed by atoms with Gasteiger partial charge in [0.05, 0.1) is 10.8 Å². The Morgan fingerprint density at radius 2 is 2.12 bits per heavy atom. The minimum absolute atomic E-state index is 0.0402. The number of aromatic amines is 1. The molecule has 2 rings (SSSR count). The molecule has 2 aromatic rings. The molecule has 0 unspecified atom stereocenters. The maximum atomic E-state index is 11.2. The van der Waals surface area contributed by atoms with Crippen LogP contribution in [0.2, 0.25) is 10.0 Å². The first-order valence-electron chi connectivity index (χ1n) is 4.44. The fraction of sp³-hybridized carbons (Fsp3) is 0. The van der Waals surface area contributed by atoms with Crippen molar-refractivity contribution in [1.82, 2.24) is 9.97 Å². The summed E-state index contributed by atoms with van der Waals surface area (Å²) in [6, 6.07) is 4.96. The summed E-state index contributed by atoms with van der Waals surface area (Å²) < 4.78 is 6.05. The number of rotatable bonds is 2. The average molecular weight is 336 g/mol. The number of nitrogens with one attached hydrogen (secondary N) is 1. The molecule has 0 radical (unpaired) electrons. The van der Waals surface area contributed by atoms with Gasteiger partial charge in [-0.15, -0.1) is 0 Å². The lowest BCUT2D eigenvalue weighted by Gasteiger charge is -2.07. The first kappa shape index (κ1) is 12.4. The third-order valence-electron chi connectivity index (χ3n) is 1.87. The van der Waals surface area contributed by atoms with Gasteiger partial charge in [0.2, 0.25) is 5.88 Å². The predicted octanol–water partition coefficient (Wildman–Crippen LogP) is 3.63. The van der Waals surface area contributed by atoms with E-state index in [-0.39, 0.29) is 10.9 Å². The van der Waals surface area contributed by atoms with Crippen LogP contribution in [0.15, 0.2) is 33.8 Å². The van der Waals surface area contributed by atoms with Gasteiger partial charge >= 0.3 is 0 Å². The van der Waals surface area contributed by atoms with Crippen molar-refractivity contribution in [2.24, 2.45) is 0 Å². The van der Waals surface area contributed by atoms with Crippen molar-refractivity contribution in [2.75, 3.05) is 0 Å². The van der Waals surface area contributed by atoms with E-state index >= 15 is 0 Å². The molecule has 1 aromatic carbocycles. The molecule has 0 aliphatic rings. The minimum atomic E-state index is -0.457. The molecule has 17 heavy (non-hydrogen) atoms. The molecule has 0 saturated carbocycles. The van der Waals surface area contributed by atoms with Crippen LogP contribution >= 0.6 is 39.1 Å².